The van der Waals surface area contributed by atoms with E-state index in [0.29, 0.717) is 6.54 Å². The van der Waals surface area contributed by atoms with Crippen LogP contribution in [0, 0.1) is 0 Å². The summed E-state index contributed by atoms with van der Waals surface area (Å²) in [6, 6.07) is 8.13. The third-order valence-corrected chi connectivity index (χ3v) is 3.12. The SMILES string of the molecule is CC(C)(CNCc1cccc(Br)c1)NC(=O)OC(C)(C)C. The molecule has 0 atom stereocenters. The van der Waals surface area contributed by atoms with Gasteiger partial charge in [0.05, 0.1) is 5.54 Å². The fourth-order valence-corrected chi connectivity index (χ4v) is 2.24. The molecule has 0 aliphatic carbocycles. The molecular weight excluding hydrogens is 332 g/mol. The van der Waals surface area contributed by atoms with E-state index in [4.69, 9.17) is 4.74 Å². The predicted octanol–water partition coefficient (Wildman–Crippen LogP) is 3.84. The van der Waals surface area contributed by atoms with Crippen LogP contribution in [0.5, 0.6) is 0 Å². The smallest absolute Gasteiger partial charge is 0.408 e. The second-order valence-electron chi connectivity index (χ2n) is 6.74. The molecule has 0 spiro atoms. The molecule has 0 aliphatic rings. The molecule has 1 amide bonds. The van der Waals surface area contributed by atoms with Crippen LogP contribution >= 0.6 is 15.9 Å². The highest BCUT2D eigenvalue weighted by atomic mass is 79.9. The highest BCUT2D eigenvalue weighted by Crippen LogP contribution is 2.12. The molecule has 5 heteroatoms. The van der Waals surface area contributed by atoms with E-state index in [-0.39, 0.29) is 5.54 Å². The van der Waals surface area contributed by atoms with Crippen molar-refractivity contribution >= 4 is 22.0 Å². The van der Waals surface area contributed by atoms with E-state index in [1.807, 2.05) is 46.8 Å². The Bertz CT molecular complexity index is 481. The van der Waals surface area contributed by atoms with Crippen LogP contribution in [0.4, 0.5) is 4.79 Å². The lowest BCUT2D eigenvalue weighted by molar-refractivity contribution is 0.0472. The maximum atomic E-state index is 11.8. The summed E-state index contributed by atoms with van der Waals surface area (Å²) in [6.45, 7) is 10.9. The van der Waals surface area contributed by atoms with Crippen molar-refractivity contribution in [2.24, 2.45) is 0 Å². The number of benzene rings is 1. The zero-order valence-electron chi connectivity index (χ0n) is 13.4. The molecule has 1 aromatic carbocycles. The van der Waals surface area contributed by atoms with Crippen LogP contribution in [0.3, 0.4) is 0 Å². The van der Waals surface area contributed by atoms with Gasteiger partial charge in [0.25, 0.3) is 0 Å². The number of alkyl carbamates (subject to hydrolysis) is 1. The normalized spacial score (nSPS) is 12.1. The van der Waals surface area contributed by atoms with Crippen LogP contribution in [0.1, 0.15) is 40.2 Å². The minimum atomic E-state index is -0.482. The minimum Gasteiger partial charge on any atom is -0.444 e. The Kier molecular flexibility index (Phi) is 6.23. The number of rotatable bonds is 5. The van der Waals surface area contributed by atoms with Crippen molar-refractivity contribution in [1.82, 2.24) is 10.6 Å². The standard InChI is InChI=1S/C16H25BrN2O2/c1-15(2,3)21-14(20)19-16(4,5)11-18-10-12-7-6-8-13(17)9-12/h6-9,18H,10-11H2,1-5H3,(H,19,20). The summed E-state index contributed by atoms with van der Waals surface area (Å²) in [6.07, 6.45) is -0.392. The summed E-state index contributed by atoms with van der Waals surface area (Å²) < 4.78 is 6.33. The summed E-state index contributed by atoms with van der Waals surface area (Å²) in [7, 11) is 0. The summed E-state index contributed by atoms with van der Waals surface area (Å²) in [5, 5.41) is 6.22. The lowest BCUT2D eigenvalue weighted by atomic mass is 10.1. The van der Waals surface area contributed by atoms with Crippen molar-refractivity contribution in [1.29, 1.82) is 0 Å². The number of carbonyl (C=O) groups excluding carboxylic acids is 1. The molecular formula is C16H25BrN2O2. The third kappa shape index (κ3) is 8.07. The number of hydrogen-bond acceptors (Lipinski definition) is 3. The zero-order valence-corrected chi connectivity index (χ0v) is 15.0. The molecule has 21 heavy (non-hydrogen) atoms. The Labute approximate surface area is 135 Å². The van der Waals surface area contributed by atoms with Crippen LogP contribution < -0.4 is 10.6 Å². The van der Waals surface area contributed by atoms with Gasteiger partial charge in [0.15, 0.2) is 0 Å². The zero-order chi connectivity index (χ0) is 16.1. The molecule has 1 rings (SSSR count). The Morgan fingerprint density at radius 1 is 1.24 bits per heavy atom. The maximum Gasteiger partial charge on any atom is 0.408 e. The first-order chi connectivity index (χ1) is 9.57. The number of halogens is 1. The van der Waals surface area contributed by atoms with Crippen LogP contribution in [-0.2, 0) is 11.3 Å². The average molecular weight is 357 g/mol. The van der Waals surface area contributed by atoms with Gasteiger partial charge in [-0.2, -0.15) is 0 Å². The van der Waals surface area contributed by atoms with Crippen molar-refractivity contribution in [3.05, 3.63) is 34.3 Å². The van der Waals surface area contributed by atoms with Crippen molar-refractivity contribution in [2.75, 3.05) is 6.54 Å². The molecule has 2 N–H and O–H groups in total. The highest BCUT2D eigenvalue weighted by Gasteiger charge is 2.24. The topological polar surface area (TPSA) is 50.4 Å². The predicted molar refractivity (Wildman–Crippen MR) is 89.3 cm³/mol. The van der Waals surface area contributed by atoms with Gasteiger partial charge in [0.2, 0.25) is 0 Å². The molecule has 0 aliphatic heterocycles. The lowest BCUT2D eigenvalue weighted by Gasteiger charge is -2.29. The molecule has 0 unspecified atom stereocenters. The molecule has 0 heterocycles. The Morgan fingerprint density at radius 2 is 1.90 bits per heavy atom. The molecule has 0 saturated heterocycles. The van der Waals surface area contributed by atoms with Crippen LogP contribution in [-0.4, -0.2) is 23.8 Å². The monoisotopic (exact) mass is 356 g/mol. The lowest BCUT2D eigenvalue weighted by Crippen LogP contribution is -2.51. The first kappa shape index (κ1) is 18.0. The summed E-state index contributed by atoms with van der Waals surface area (Å²) in [4.78, 5) is 11.8. The minimum absolute atomic E-state index is 0.381. The molecule has 118 valence electrons. The van der Waals surface area contributed by atoms with Gasteiger partial charge in [0.1, 0.15) is 5.60 Å². The summed E-state index contributed by atoms with van der Waals surface area (Å²) in [5.74, 6) is 0. The van der Waals surface area contributed by atoms with Crippen molar-refractivity contribution < 1.29 is 9.53 Å². The molecule has 0 saturated carbocycles. The number of hydrogen-bond donors (Lipinski definition) is 2. The van der Waals surface area contributed by atoms with Gasteiger partial charge in [-0.25, -0.2) is 4.79 Å². The van der Waals surface area contributed by atoms with Crippen LogP contribution in [0.25, 0.3) is 0 Å². The van der Waals surface area contributed by atoms with Gasteiger partial charge in [0, 0.05) is 17.6 Å². The summed E-state index contributed by atoms with van der Waals surface area (Å²) >= 11 is 3.45. The highest BCUT2D eigenvalue weighted by molar-refractivity contribution is 9.10. The van der Waals surface area contributed by atoms with Crippen LogP contribution in [0.2, 0.25) is 0 Å². The maximum absolute atomic E-state index is 11.8. The second kappa shape index (κ2) is 7.27. The van der Waals surface area contributed by atoms with E-state index in [9.17, 15) is 4.79 Å². The molecule has 0 fully saturated rings. The molecule has 0 bridgehead atoms. The van der Waals surface area contributed by atoms with Gasteiger partial charge in [-0.05, 0) is 52.3 Å². The van der Waals surface area contributed by atoms with Gasteiger partial charge >= 0.3 is 6.09 Å². The Balaban J connectivity index is 2.40. The van der Waals surface area contributed by atoms with Crippen LogP contribution in [0.15, 0.2) is 28.7 Å². The second-order valence-corrected chi connectivity index (χ2v) is 7.66. The van der Waals surface area contributed by atoms with E-state index in [1.165, 1.54) is 5.56 Å². The van der Waals surface area contributed by atoms with Gasteiger partial charge in [-0.3, -0.25) is 0 Å². The average Bonchev–Trinajstić information content (AvgIpc) is 2.24. The van der Waals surface area contributed by atoms with E-state index < -0.39 is 11.7 Å². The summed E-state index contributed by atoms with van der Waals surface area (Å²) in [5.41, 5.74) is 0.329. The van der Waals surface area contributed by atoms with E-state index in [1.54, 1.807) is 0 Å². The van der Waals surface area contributed by atoms with Crippen molar-refractivity contribution in [3.63, 3.8) is 0 Å². The number of nitrogens with one attached hydrogen (secondary N) is 2. The number of ether oxygens (including phenoxy) is 1. The first-order valence-electron chi connectivity index (χ1n) is 7.04. The van der Waals surface area contributed by atoms with E-state index in [0.717, 1.165) is 11.0 Å². The number of carbonyl (C=O) groups is 1. The third-order valence-electron chi connectivity index (χ3n) is 2.62. The molecule has 1 aromatic rings. The fraction of sp³-hybridized carbons (Fsp3) is 0.562. The Hall–Kier alpha value is -1.07. The Morgan fingerprint density at radius 3 is 2.48 bits per heavy atom. The molecule has 4 nitrogen and oxygen atoms in total. The fourth-order valence-electron chi connectivity index (χ4n) is 1.79. The van der Waals surface area contributed by atoms with Gasteiger partial charge in [-0.15, -0.1) is 0 Å². The van der Waals surface area contributed by atoms with Gasteiger partial charge < -0.3 is 15.4 Å². The molecule has 0 aromatic heterocycles. The van der Waals surface area contributed by atoms with E-state index in [2.05, 4.69) is 38.7 Å². The van der Waals surface area contributed by atoms with Crippen molar-refractivity contribution in [3.8, 4) is 0 Å². The number of amides is 1. The largest absolute Gasteiger partial charge is 0.444 e. The van der Waals surface area contributed by atoms with E-state index >= 15 is 0 Å². The quantitative estimate of drug-likeness (QED) is 0.842. The molecule has 0 radical (unpaired) electrons. The van der Waals surface area contributed by atoms with Gasteiger partial charge in [-0.1, -0.05) is 28.1 Å². The first-order valence-corrected chi connectivity index (χ1v) is 7.83. The van der Waals surface area contributed by atoms with Crippen molar-refractivity contribution in [2.45, 2.75) is 52.3 Å².